The van der Waals surface area contributed by atoms with E-state index in [0.717, 1.165) is 70.9 Å². The van der Waals surface area contributed by atoms with Gasteiger partial charge in [-0.25, -0.2) is 0 Å². The fourth-order valence-electron chi connectivity index (χ4n) is 3.17. The molecule has 1 aliphatic rings. The molecule has 0 bridgehead atoms. The Balaban J connectivity index is 0.00000576. The van der Waals surface area contributed by atoms with Crippen LogP contribution in [-0.2, 0) is 4.74 Å². The fourth-order valence-corrected chi connectivity index (χ4v) is 3.96. The van der Waals surface area contributed by atoms with Crippen LogP contribution in [0.4, 0.5) is 0 Å². The summed E-state index contributed by atoms with van der Waals surface area (Å²) in [5, 5.41) is 16.3. The Morgan fingerprint density at radius 1 is 1.20 bits per heavy atom. The SMILES string of the molecule is CCNC(=NCC(CC)(CC)CCO)NCC1(SC)CCOCC1.I. The Morgan fingerprint density at radius 2 is 1.84 bits per heavy atom. The third-order valence-electron chi connectivity index (χ3n) is 5.47. The number of aliphatic hydroxyl groups is 1. The standard InChI is InChI=1S/C18H37N3O2S.HI/c1-5-17(6-2,8-11-22)14-20-16(19-7-3)21-15-18(24-4)9-12-23-13-10-18;/h22H,5-15H2,1-4H3,(H2,19,20,21);1H. The molecule has 0 spiro atoms. The van der Waals surface area contributed by atoms with Crippen LogP contribution >= 0.6 is 35.7 Å². The summed E-state index contributed by atoms with van der Waals surface area (Å²) < 4.78 is 5.76. The monoisotopic (exact) mass is 487 g/mol. The number of guanidine groups is 1. The summed E-state index contributed by atoms with van der Waals surface area (Å²) in [4.78, 5) is 4.84. The Labute approximate surface area is 175 Å². The van der Waals surface area contributed by atoms with Gasteiger partial charge in [0.2, 0.25) is 0 Å². The maximum atomic E-state index is 9.38. The van der Waals surface area contributed by atoms with Crippen LogP contribution in [0.15, 0.2) is 4.99 Å². The predicted octanol–water partition coefficient (Wildman–Crippen LogP) is 3.26. The molecule has 0 atom stereocenters. The van der Waals surface area contributed by atoms with Gasteiger partial charge in [0.1, 0.15) is 0 Å². The second-order valence-electron chi connectivity index (χ2n) is 6.73. The zero-order valence-corrected chi connectivity index (χ0v) is 19.5. The third-order valence-corrected chi connectivity index (χ3v) is 6.89. The molecule has 150 valence electrons. The first-order chi connectivity index (χ1) is 11.6. The van der Waals surface area contributed by atoms with Crippen molar-refractivity contribution in [1.82, 2.24) is 10.6 Å². The minimum absolute atomic E-state index is 0. The van der Waals surface area contributed by atoms with E-state index < -0.39 is 0 Å². The molecule has 0 unspecified atom stereocenters. The first-order valence-corrected chi connectivity index (χ1v) is 10.6. The van der Waals surface area contributed by atoms with Gasteiger partial charge in [-0.15, -0.1) is 24.0 Å². The molecule has 25 heavy (non-hydrogen) atoms. The largest absolute Gasteiger partial charge is 0.396 e. The number of nitrogens with zero attached hydrogens (tertiary/aromatic N) is 1. The molecule has 1 fully saturated rings. The second-order valence-corrected chi connectivity index (χ2v) is 8.00. The molecule has 0 amide bonds. The molecule has 0 aromatic heterocycles. The zero-order valence-electron chi connectivity index (χ0n) is 16.4. The first-order valence-electron chi connectivity index (χ1n) is 9.35. The number of hydrogen-bond donors (Lipinski definition) is 3. The van der Waals surface area contributed by atoms with Crippen molar-refractivity contribution in [3.05, 3.63) is 0 Å². The third kappa shape index (κ3) is 8.22. The fraction of sp³-hybridized carbons (Fsp3) is 0.944. The number of aliphatic imine (C=N–C) groups is 1. The van der Waals surface area contributed by atoms with Gasteiger partial charge in [-0.05, 0) is 50.7 Å². The van der Waals surface area contributed by atoms with E-state index in [1.165, 1.54) is 0 Å². The van der Waals surface area contributed by atoms with E-state index in [2.05, 4.69) is 37.7 Å². The molecule has 1 aliphatic heterocycles. The van der Waals surface area contributed by atoms with Crippen LogP contribution in [0.1, 0.15) is 52.9 Å². The molecule has 3 N–H and O–H groups in total. The molecule has 0 aliphatic carbocycles. The summed E-state index contributed by atoms with van der Waals surface area (Å²) in [5.41, 5.74) is 0.104. The molecular formula is C18H38IN3O2S. The number of halogens is 1. The summed E-state index contributed by atoms with van der Waals surface area (Å²) in [5.74, 6) is 0.890. The van der Waals surface area contributed by atoms with Gasteiger partial charge >= 0.3 is 0 Å². The number of nitrogens with one attached hydrogen (secondary N) is 2. The van der Waals surface area contributed by atoms with Gasteiger partial charge in [-0.1, -0.05) is 13.8 Å². The Kier molecular flexibility index (Phi) is 13.6. The minimum atomic E-state index is 0. The van der Waals surface area contributed by atoms with Gasteiger partial charge in [0, 0.05) is 44.2 Å². The molecular weight excluding hydrogens is 449 g/mol. The van der Waals surface area contributed by atoms with Gasteiger partial charge in [0.25, 0.3) is 0 Å². The Morgan fingerprint density at radius 3 is 2.32 bits per heavy atom. The van der Waals surface area contributed by atoms with Crippen molar-refractivity contribution in [1.29, 1.82) is 0 Å². The summed E-state index contributed by atoms with van der Waals surface area (Å²) in [6.07, 6.45) is 7.25. The highest BCUT2D eigenvalue weighted by atomic mass is 127. The van der Waals surface area contributed by atoms with Crippen LogP contribution in [0.2, 0.25) is 0 Å². The summed E-state index contributed by atoms with van der Waals surface area (Å²) in [7, 11) is 0. The Hall–Kier alpha value is 0.270. The number of rotatable bonds is 10. The van der Waals surface area contributed by atoms with Crippen LogP contribution in [-0.4, -0.2) is 61.5 Å². The lowest BCUT2D eigenvalue weighted by molar-refractivity contribution is 0.0782. The number of thioether (sulfide) groups is 1. The van der Waals surface area contributed by atoms with E-state index >= 15 is 0 Å². The molecule has 0 aromatic carbocycles. The van der Waals surface area contributed by atoms with Crippen molar-refractivity contribution in [2.45, 2.75) is 57.6 Å². The van der Waals surface area contributed by atoms with Crippen molar-refractivity contribution < 1.29 is 9.84 Å². The molecule has 5 nitrogen and oxygen atoms in total. The minimum Gasteiger partial charge on any atom is -0.396 e. The maximum absolute atomic E-state index is 9.38. The summed E-state index contributed by atoms with van der Waals surface area (Å²) in [6.45, 7) is 10.9. The van der Waals surface area contributed by atoms with E-state index in [0.29, 0.717) is 0 Å². The highest BCUT2D eigenvalue weighted by Crippen LogP contribution is 2.33. The van der Waals surface area contributed by atoms with Crippen molar-refractivity contribution >= 4 is 41.7 Å². The predicted molar refractivity (Wildman–Crippen MR) is 120 cm³/mol. The average molecular weight is 487 g/mol. The van der Waals surface area contributed by atoms with E-state index in [4.69, 9.17) is 9.73 Å². The van der Waals surface area contributed by atoms with Crippen LogP contribution in [0, 0.1) is 5.41 Å². The molecule has 0 radical (unpaired) electrons. The van der Waals surface area contributed by atoms with Gasteiger partial charge in [0.05, 0.1) is 0 Å². The second kappa shape index (κ2) is 13.4. The number of hydrogen-bond acceptors (Lipinski definition) is 4. The van der Waals surface area contributed by atoms with Gasteiger partial charge in [0.15, 0.2) is 5.96 Å². The van der Waals surface area contributed by atoms with E-state index in [9.17, 15) is 5.11 Å². The van der Waals surface area contributed by atoms with Crippen molar-refractivity contribution in [3.8, 4) is 0 Å². The Bertz CT molecular complexity index is 373. The van der Waals surface area contributed by atoms with Crippen LogP contribution in [0.5, 0.6) is 0 Å². The first kappa shape index (κ1) is 25.3. The summed E-state index contributed by atoms with van der Waals surface area (Å²) in [6, 6.07) is 0. The van der Waals surface area contributed by atoms with E-state index in [-0.39, 0.29) is 40.7 Å². The van der Waals surface area contributed by atoms with E-state index in [1.54, 1.807) is 0 Å². The van der Waals surface area contributed by atoms with Crippen molar-refractivity contribution in [2.75, 3.05) is 45.7 Å². The summed E-state index contributed by atoms with van der Waals surface area (Å²) >= 11 is 1.94. The van der Waals surface area contributed by atoms with Crippen molar-refractivity contribution in [3.63, 3.8) is 0 Å². The topological polar surface area (TPSA) is 65.9 Å². The molecule has 0 saturated carbocycles. The molecule has 1 saturated heterocycles. The lowest BCUT2D eigenvalue weighted by Gasteiger charge is -2.36. The highest BCUT2D eigenvalue weighted by Gasteiger charge is 2.32. The van der Waals surface area contributed by atoms with E-state index in [1.807, 2.05) is 11.8 Å². The molecule has 1 heterocycles. The molecule has 7 heteroatoms. The smallest absolute Gasteiger partial charge is 0.191 e. The molecule has 0 aromatic rings. The van der Waals surface area contributed by atoms with Gasteiger partial charge in [-0.2, -0.15) is 11.8 Å². The number of ether oxygens (including phenoxy) is 1. The van der Waals surface area contributed by atoms with Crippen molar-refractivity contribution in [2.24, 2.45) is 10.4 Å². The van der Waals surface area contributed by atoms with Gasteiger partial charge < -0.3 is 20.5 Å². The highest BCUT2D eigenvalue weighted by molar-refractivity contribution is 14.0. The van der Waals surface area contributed by atoms with Gasteiger partial charge in [-0.3, -0.25) is 4.99 Å². The number of aliphatic hydroxyl groups excluding tert-OH is 1. The van der Waals surface area contributed by atoms with Crippen LogP contribution < -0.4 is 10.6 Å². The molecule has 1 rings (SSSR count). The normalized spacial score (nSPS) is 17.7. The van der Waals surface area contributed by atoms with Crippen LogP contribution in [0.3, 0.4) is 0 Å². The lowest BCUT2D eigenvalue weighted by atomic mass is 9.79. The average Bonchev–Trinajstić information content (AvgIpc) is 2.63. The lowest BCUT2D eigenvalue weighted by Crippen LogP contribution is -2.48. The zero-order chi connectivity index (χ0) is 17.9. The van der Waals surface area contributed by atoms with Crippen LogP contribution in [0.25, 0.3) is 0 Å². The quantitative estimate of drug-likeness (QED) is 0.251. The maximum Gasteiger partial charge on any atom is 0.191 e.